The topological polar surface area (TPSA) is 53.6 Å². The van der Waals surface area contributed by atoms with Gasteiger partial charge in [0.25, 0.3) is 0 Å². The molecule has 10 saturated heterocycles. The molecule has 11 rings (SSSR count). The molecule has 11 nitrogen and oxygen atoms in total. The number of hydrogen-bond donors (Lipinski definition) is 0. The van der Waals surface area contributed by atoms with Gasteiger partial charge in [-0.15, -0.1) is 0 Å². The zero-order chi connectivity index (χ0) is 68.6. The molecule has 0 amide bonds. The van der Waals surface area contributed by atoms with Gasteiger partial charge in [0.1, 0.15) is 0 Å². The van der Waals surface area contributed by atoms with Crippen molar-refractivity contribution in [3.8, 4) is 0 Å². The Labute approximate surface area is 574 Å². The lowest BCUT2D eigenvalue weighted by Gasteiger charge is -2.42. The molecule has 11 heteroatoms. The first-order valence-electron chi connectivity index (χ1n) is 39.9. The van der Waals surface area contributed by atoms with Crippen LogP contribution in [0.3, 0.4) is 0 Å². The minimum Gasteiger partial charge on any atom is -0.375 e. The van der Waals surface area contributed by atoms with Crippen LogP contribution in [0.1, 0.15) is 297 Å². The highest BCUT2D eigenvalue weighted by molar-refractivity contribution is 5.19. The first-order chi connectivity index (χ1) is 43.1. The highest BCUT2D eigenvalue weighted by Crippen LogP contribution is 2.43. The quantitative estimate of drug-likeness (QED) is 0.131. The molecule has 0 aromatic heterocycles. The molecule has 11 aliphatic heterocycles. The maximum absolute atomic E-state index is 5.97. The number of piperazine rings is 1. The third-order valence-corrected chi connectivity index (χ3v) is 23.6. The summed E-state index contributed by atoms with van der Waals surface area (Å²) in [6, 6.07) is 12.5. The molecule has 0 aromatic carbocycles. The summed E-state index contributed by atoms with van der Waals surface area (Å²) in [6.45, 7) is 73.7. The summed E-state index contributed by atoms with van der Waals surface area (Å²) >= 11 is 0. The van der Waals surface area contributed by atoms with Crippen LogP contribution in [0.15, 0.2) is 11.6 Å². The maximum atomic E-state index is 5.97. The van der Waals surface area contributed by atoms with Crippen LogP contribution in [0.4, 0.5) is 0 Å². The van der Waals surface area contributed by atoms with E-state index in [1.165, 1.54) is 142 Å². The number of rotatable bonds is 17. The number of fused-ring (bicyclic) bond motifs is 8. The summed E-state index contributed by atoms with van der Waals surface area (Å²) in [6.07, 6.45) is 27.2. The second kappa shape index (κ2) is 39.3. The van der Waals surface area contributed by atoms with E-state index in [2.05, 4.69) is 239 Å². The average molecular weight is 1290 g/mol. The number of ether oxygens (including phenoxy) is 3. The summed E-state index contributed by atoms with van der Waals surface area (Å²) in [5, 5.41) is 0. The van der Waals surface area contributed by atoms with E-state index in [9.17, 15) is 0 Å². The fourth-order valence-electron chi connectivity index (χ4n) is 18.6. The maximum Gasteiger partial charge on any atom is 0.0832 e. The van der Waals surface area contributed by atoms with E-state index >= 15 is 0 Å². The molecule has 542 valence electrons. The van der Waals surface area contributed by atoms with Crippen molar-refractivity contribution >= 4 is 0 Å². The van der Waals surface area contributed by atoms with Crippen LogP contribution in [0.25, 0.3) is 0 Å². The van der Waals surface area contributed by atoms with Crippen LogP contribution in [-0.2, 0) is 14.2 Å². The molecule has 0 aromatic rings. The smallest absolute Gasteiger partial charge is 0.0832 e. The summed E-state index contributed by atoms with van der Waals surface area (Å²) < 4.78 is 17.4. The molecular weight excluding hydrogens is 1130 g/mol. The molecule has 8 unspecified atom stereocenters. The molecule has 10 fully saturated rings. The van der Waals surface area contributed by atoms with Crippen LogP contribution in [0, 0.1) is 29.6 Å². The van der Waals surface area contributed by atoms with Crippen molar-refractivity contribution < 1.29 is 14.2 Å². The van der Waals surface area contributed by atoms with Gasteiger partial charge in [0.2, 0.25) is 0 Å². The van der Waals surface area contributed by atoms with Gasteiger partial charge in [-0.2, -0.15) is 0 Å². The van der Waals surface area contributed by atoms with Gasteiger partial charge in [-0.05, 0) is 298 Å². The van der Waals surface area contributed by atoms with Crippen molar-refractivity contribution in [2.45, 2.75) is 430 Å². The SMILES string of the molecule is CC(C)C1=CC2CCC(C1)N2C(C)C.CC(C)C1CC2CCC(C1)N2C(C)C.CC(C)C1CCN(C(C)C)CC1.CC(C)N1CC2CC1CN2C(C)C.CC(C)OC1CC2CCC(C1)N2C(C)C.CC(C)OC1CCN(C(C)C)CC1.CC(C)OC1CN(C(C)C)C1. The zero-order valence-corrected chi connectivity index (χ0v) is 66.4. The standard InChI is InChI=1S/C13H25NO.C13H25N.C13H23N.C11H22N2.C11H23NO.C11H23N.C9H19NO/c1-9(2)14-11-5-6-12(14)8-13(7-11)15-10(3)4;2*1-9(2)11-7-12-5-6-13(8-11)14(12)10(3)4;1-8(2)12-6-11-5-10(12)7-13(11)9(3)4;1-9(2)12-7-5-11(6-8-12)13-10(3)4;1-9(2)11-5-7-12(8-6-11)10(3)4;1-7(2)10-5-9(6-10)11-8(3)4/h9-13H,5-8H2,1-4H3;9-13H,5-8H2,1-4H3;7,9-10,12-13H,5-6,8H2,1-4H3;8-11H,5-7H2,1-4H3;9-11H,5-8H2,1-4H3;9-11H,5-8H2,1-4H3;7-9H,5-6H2,1-4H3. The van der Waals surface area contributed by atoms with E-state index in [0.717, 1.165) is 121 Å². The van der Waals surface area contributed by atoms with E-state index in [1.54, 1.807) is 5.57 Å². The van der Waals surface area contributed by atoms with Crippen molar-refractivity contribution in [3.63, 3.8) is 0 Å². The van der Waals surface area contributed by atoms with E-state index < -0.39 is 0 Å². The van der Waals surface area contributed by atoms with Crippen molar-refractivity contribution in [1.82, 2.24) is 39.2 Å². The third kappa shape index (κ3) is 25.2. The van der Waals surface area contributed by atoms with Crippen LogP contribution in [-0.4, -0.2) is 225 Å². The first kappa shape index (κ1) is 82.0. The van der Waals surface area contributed by atoms with Crippen molar-refractivity contribution in [3.05, 3.63) is 11.6 Å². The molecule has 0 radical (unpaired) electrons. The monoisotopic (exact) mass is 1290 g/mol. The Morgan fingerprint density at radius 2 is 0.674 bits per heavy atom. The summed E-state index contributed by atoms with van der Waals surface area (Å²) in [4.78, 5) is 21.1. The van der Waals surface area contributed by atoms with E-state index in [-0.39, 0.29) is 0 Å². The summed E-state index contributed by atoms with van der Waals surface area (Å²) in [5.74, 6) is 4.53. The molecule has 0 aliphatic carbocycles. The summed E-state index contributed by atoms with van der Waals surface area (Å²) in [7, 11) is 0. The fraction of sp³-hybridized carbons (Fsp3) is 0.975. The molecule has 92 heavy (non-hydrogen) atoms. The van der Waals surface area contributed by atoms with E-state index in [0.29, 0.717) is 54.7 Å². The predicted octanol–water partition coefficient (Wildman–Crippen LogP) is 17.4. The van der Waals surface area contributed by atoms with Gasteiger partial charge in [0.15, 0.2) is 0 Å². The summed E-state index contributed by atoms with van der Waals surface area (Å²) in [5.41, 5.74) is 1.70. The normalized spacial score (nSPS) is 30.4. The Morgan fingerprint density at radius 3 is 1.01 bits per heavy atom. The van der Waals surface area contributed by atoms with Gasteiger partial charge in [-0.1, -0.05) is 53.2 Å². The Bertz CT molecular complexity index is 1930. The molecular formula is C81H160N8O3. The molecule has 0 saturated carbocycles. The molecule has 11 aliphatic rings. The lowest BCUT2D eigenvalue weighted by molar-refractivity contribution is -0.0903. The lowest BCUT2D eigenvalue weighted by atomic mass is 9.82. The third-order valence-electron chi connectivity index (χ3n) is 23.6. The van der Waals surface area contributed by atoms with Crippen molar-refractivity contribution in [1.29, 1.82) is 0 Å². The molecule has 11 heterocycles. The number of nitrogens with zero attached hydrogens (tertiary/aromatic N) is 8. The fourth-order valence-corrected chi connectivity index (χ4v) is 18.6. The minimum atomic E-state index is 0.384. The highest BCUT2D eigenvalue weighted by atomic mass is 16.5. The van der Waals surface area contributed by atoms with Crippen LogP contribution >= 0.6 is 0 Å². The molecule has 8 atom stereocenters. The number of piperidine rings is 4. The van der Waals surface area contributed by atoms with Crippen LogP contribution in [0.2, 0.25) is 0 Å². The van der Waals surface area contributed by atoms with Crippen molar-refractivity contribution in [2.75, 3.05) is 52.4 Å². The number of hydrogen-bond acceptors (Lipinski definition) is 11. The van der Waals surface area contributed by atoms with Crippen LogP contribution < -0.4 is 0 Å². The highest BCUT2D eigenvalue weighted by Gasteiger charge is 2.46. The van der Waals surface area contributed by atoms with Gasteiger partial charge in [-0.3, -0.25) is 29.4 Å². The lowest BCUT2D eigenvalue weighted by Crippen LogP contribution is -2.55. The predicted molar refractivity (Wildman–Crippen MR) is 399 cm³/mol. The molecule has 0 N–H and O–H groups in total. The second-order valence-electron chi connectivity index (χ2n) is 35.2. The first-order valence-corrected chi connectivity index (χ1v) is 39.9. The Balaban J connectivity index is 0.000000195. The van der Waals surface area contributed by atoms with Gasteiger partial charge in [-0.25, -0.2) is 0 Å². The van der Waals surface area contributed by atoms with E-state index in [4.69, 9.17) is 14.2 Å². The van der Waals surface area contributed by atoms with Gasteiger partial charge >= 0.3 is 0 Å². The minimum absolute atomic E-state index is 0.384. The largest absolute Gasteiger partial charge is 0.375 e. The Morgan fingerprint density at radius 1 is 0.304 bits per heavy atom. The van der Waals surface area contributed by atoms with Crippen LogP contribution in [0.5, 0.6) is 0 Å². The van der Waals surface area contributed by atoms with Gasteiger partial charge in [0.05, 0.1) is 36.6 Å². The Hall–Kier alpha value is -0.700. The Kier molecular flexibility index (Phi) is 35.0. The van der Waals surface area contributed by atoms with Crippen molar-refractivity contribution in [2.24, 2.45) is 29.6 Å². The van der Waals surface area contributed by atoms with Gasteiger partial charge in [0, 0.05) is 136 Å². The van der Waals surface area contributed by atoms with E-state index in [1.807, 2.05) is 0 Å². The number of likely N-dealkylation sites (tertiary alicyclic amines) is 5. The second-order valence-corrected chi connectivity index (χ2v) is 35.2. The average Bonchev–Trinajstić information content (AvgIpc) is 1.69. The molecule has 8 bridgehead atoms. The zero-order valence-electron chi connectivity index (χ0n) is 66.4. The van der Waals surface area contributed by atoms with Gasteiger partial charge < -0.3 is 24.0 Å². The molecule has 0 spiro atoms.